The van der Waals surface area contributed by atoms with Crippen LogP contribution >= 0.6 is 11.3 Å². The van der Waals surface area contributed by atoms with Gasteiger partial charge in [-0.05, 0) is 41.7 Å². The average Bonchev–Trinajstić information content (AvgIpc) is 3.30. The summed E-state index contributed by atoms with van der Waals surface area (Å²) in [4.78, 5) is 5.78. The molecule has 0 aliphatic rings. The van der Waals surface area contributed by atoms with Crippen LogP contribution in [0.4, 0.5) is 0 Å². The number of nitrogens with two attached hydrogens (primary N) is 1. The molecule has 0 bridgehead atoms. The summed E-state index contributed by atoms with van der Waals surface area (Å²) in [7, 11) is -3.77. The largest absolute Gasteiger partial charge is 0.323 e. The highest BCUT2D eigenvalue weighted by atomic mass is 32.2. The molecule has 0 aliphatic heterocycles. The summed E-state index contributed by atoms with van der Waals surface area (Å²) in [5.41, 5.74) is 4.82. The number of hydrogen-bond donors (Lipinski definition) is 1. The lowest BCUT2D eigenvalue weighted by atomic mass is 10.0. The minimum Gasteiger partial charge on any atom is -0.323 e. The molecule has 0 spiro atoms. The van der Waals surface area contributed by atoms with Gasteiger partial charge in [-0.2, -0.15) is 0 Å². The van der Waals surface area contributed by atoms with Crippen molar-refractivity contribution in [3.05, 3.63) is 70.9 Å². The number of fused-ring (bicyclic) bond motifs is 1. The van der Waals surface area contributed by atoms with Gasteiger partial charge in [0, 0.05) is 23.4 Å². The zero-order valence-corrected chi connectivity index (χ0v) is 19.6. The second-order valence-corrected chi connectivity index (χ2v) is 11.1. The third-order valence-electron chi connectivity index (χ3n) is 5.27. The van der Waals surface area contributed by atoms with Crippen LogP contribution in [0, 0.1) is 5.92 Å². The van der Waals surface area contributed by atoms with Gasteiger partial charge in [0.1, 0.15) is 10.0 Å². The van der Waals surface area contributed by atoms with Gasteiger partial charge in [0.15, 0.2) is 0 Å². The highest BCUT2D eigenvalue weighted by Crippen LogP contribution is 2.36. The molecular weight excluding hydrogens is 426 g/mol. The van der Waals surface area contributed by atoms with E-state index in [1.165, 1.54) is 11.3 Å². The van der Waals surface area contributed by atoms with Gasteiger partial charge in [0.25, 0.3) is 0 Å². The first-order valence-electron chi connectivity index (χ1n) is 10.4. The van der Waals surface area contributed by atoms with Crippen molar-refractivity contribution in [3.8, 4) is 11.1 Å². The van der Waals surface area contributed by atoms with Crippen LogP contribution in [-0.4, -0.2) is 18.0 Å². The molecule has 0 atom stereocenters. The summed E-state index contributed by atoms with van der Waals surface area (Å²) in [6.07, 6.45) is 1.69. The number of aromatic nitrogens is 2. The minimum atomic E-state index is -3.77. The first-order valence-corrected chi connectivity index (χ1v) is 12.8. The second kappa shape index (κ2) is 8.57. The standard InChI is InChI=1S/C24H27N3O2S2/c1-4-23-26-21-7-5-6-8-22(21)27(23)15-17-9-11-18(12-10-17)20-14-19(13-16(2)3)30-24(20)31(25,28)29/h5-12,14,16H,4,13,15H2,1-3H3,(H2,25,28,29). The highest BCUT2D eigenvalue weighted by molar-refractivity contribution is 7.91. The fourth-order valence-electron chi connectivity index (χ4n) is 3.88. The van der Waals surface area contributed by atoms with E-state index in [4.69, 9.17) is 10.1 Å². The molecular formula is C24H27N3O2S2. The van der Waals surface area contributed by atoms with E-state index in [1.807, 2.05) is 36.4 Å². The van der Waals surface area contributed by atoms with Crippen LogP contribution in [0.2, 0.25) is 0 Å². The van der Waals surface area contributed by atoms with Crippen molar-refractivity contribution in [2.45, 2.75) is 44.4 Å². The summed E-state index contributed by atoms with van der Waals surface area (Å²) in [5.74, 6) is 1.50. The molecule has 162 valence electrons. The molecule has 0 saturated heterocycles. The number of aryl methyl sites for hydroxylation is 1. The average molecular weight is 454 g/mol. The Bertz CT molecular complexity index is 1320. The Morgan fingerprint density at radius 3 is 2.45 bits per heavy atom. The van der Waals surface area contributed by atoms with Crippen molar-refractivity contribution in [2.75, 3.05) is 0 Å². The van der Waals surface area contributed by atoms with E-state index in [9.17, 15) is 8.42 Å². The van der Waals surface area contributed by atoms with Crippen molar-refractivity contribution >= 4 is 32.4 Å². The van der Waals surface area contributed by atoms with Gasteiger partial charge >= 0.3 is 0 Å². The number of para-hydroxylation sites is 2. The quantitative estimate of drug-likeness (QED) is 0.417. The summed E-state index contributed by atoms with van der Waals surface area (Å²) in [5, 5.41) is 5.52. The number of thiophene rings is 1. The van der Waals surface area contributed by atoms with E-state index in [1.54, 1.807) is 0 Å². The summed E-state index contributed by atoms with van der Waals surface area (Å²) in [6.45, 7) is 7.07. The highest BCUT2D eigenvalue weighted by Gasteiger charge is 2.20. The van der Waals surface area contributed by atoms with Gasteiger partial charge in [-0.15, -0.1) is 11.3 Å². The van der Waals surface area contributed by atoms with E-state index >= 15 is 0 Å². The number of imidazole rings is 1. The van der Waals surface area contributed by atoms with Crippen molar-refractivity contribution in [2.24, 2.45) is 11.1 Å². The maximum absolute atomic E-state index is 12.2. The fourth-order valence-corrected chi connectivity index (χ4v) is 6.27. The first-order chi connectivity index (χ1) is 14.8. The van der Waals surface area contributed by atoms with Crippen molar-refractivity contribution in [1.29, 1.82) is 0 Å². The predicted octanol–water partition coefficient (Wildman–Crippen LogP) is 5.22. The molecule has 0 fully saturated rings. The number of rotatable bonds is 7. The maximum Gasteiger partial charge on any atom is 0.248 e. The van der Waals surface area contributed by atoms with Gasteiger partial charge in [0.2, 0.25) is 10.0 Å². The van der Waals surface area contributed by atoms with Crippen LogP contribution in [0.3, 0.4) is 0 Å². The molecule has 4 rings (SSSR count). The zero-order valence-electron chi connectivity index (χ0n) is 18.0. The maximum atomic E-state index is 12.2. The van der Waals surface area contributed by atoms with Crippen LogP contribution in [-0.2, 0) is 29.4 Å². The number of primary sulfonamides is 1. The topological polar surface area (TPSA) is 78.0 Å². The summed E-state index contributed by atoms with van der Waals surface area (Å²) >= 11 is 1.28. The van der Waals surface area contributed by atoms with Gasteiger partial charge < -0.3 is 4.57 Å². The van der Waals surface area contributed by atoms with Crippen LogP contribution in [0.5, 0.6) is 0 Å². The number of hydrogen-bond acceptors (Lipinski definition) is 4. The monoisotopic (exact) mass is 453 g/mol. The van der Waals surface area contributed by atoms with E-state index in [-0.39, 0.29) is 4.21 Å². The Morgan fingerprint density at radius 1 is 1.10 bits per heavy atom. The van der Waals surface area contributed by atoms with Crippen molar-refractivity contribution in [1.82, 2.24) is 9.55 Å². The van der Waals surface area contributed by atoms with E-state index in [0.717, 1.165) is 45.7 Å². The SMILES string of the molecule is CCc1nc2ccccc2n1Cc1ccc(-c2cc(CC(C)C)sc2S(N)(=O)=O)cc1. The summed E-state index contributed by atoms with van der Waals surface area (Å²) < 4.78 is 26.8. The molecule has 31 heavy (non-hydrogen) atoms. The molecule has 2 aromatic carbocycles. The van der Waals surface area contributed by atoms with Crippen LogP contribution in [0.15, 0.2) is 58.8 Å². The molecule has 4 aromatic rings. The smallest absolute Gasteiger partial charge is 0.248 e. The van der Waals surface area contributed by atoms with Gasteiger partial charge in [-0.1, -0.05) is 57.2 Å². The third-order valence-corrected chi connectivity index (χ3v) is 7.91. The third kappa shape index (κ3) is 4.59. The fraction of sp³-hybridized carbons (Fsp3) is 0.292. The second-order valence-electron chi connectivity index (χ2n) is 8.21. The zero-order chi connectivity index (χ0) is 22.2. The Kier molecular flexibility index (Phi) is 6.01. The first kappa shape index (κ1) is 21.7. The van der Waals surface area contributed by atoms with Gasteiger partial charge in [-0.25, -0.2) is 18.5 Å². The lowest BCUT2D eigenvalue weighted by Gasteiger charge is -2.09. The Balaban J connectivity index is 1.68. The number of benzene rings is 2. The molecule has 5 nitrogen and oxygen atoms in total. The molecule has 2 heterocycles. The van der Waals surface area contributed by atoms with E-state index in [0.29, 0.717) is 18.0 Å². The molecule has 0 amide bonds. The van der Waals surface area contributed by atoms with Crippen molar-refractivity contribution in [3.63, 3.8) is 0 Å². The number of sulfonamides is 1. The van der Waals surface area contributed by atoms with Gasteiger partial charge in [-0.3, -0.25) is 0 Å². The lowest BCUT2D eigenvalue weighted by molar-refractivity contribution is 0.600. The lowest BCUT2D eigenvalue weighted by Crippen LogP contribution is -2.11. The summed E-state index contributed by atoms with van der Waals surface area (Å²) in [6, 6.07) is 18.2. The molecule has 7 heteroatoms. The van der Waals surface area contributed by atoms with Crippen LogP contribution < -0.4 is 5.14 Å². The normalized spacial score (nSPS) is 12.2. The molecule has 0 saturated carbocycles. The van der Waals surface area contributed by atoms with E-state index in [2.05, 4.69) is 43.5 Å². The Hall–Kier alpha value is -2.48. The molecule has 2 N–H and O–H groups in total. The number of nitrogens with zero attached hydrogens (tertiary/aromatic N) is 2. The van der Waals surface area contributed by atoms with Gasteiger partial charge in [0.05, 0.1) is 11.0 Å². The Morgan fingerprint density at radius 2 is 1.81 bits per heavy atom. The minimum absolute atomic E-state index is 0.241. The molecule has 0 aliphatic carbocycles. The van der Waals surface area contributed by atoms with Crippen LogP contribution in [0.25, 0.3) is 22.2 Å². The van der Waals surface area contributed by atoms with E-state index < -0.39 is 10.0 Å². The molecule has 0 unspecified atom stereocenters. The predicted molar refractivity (Wildman–Crippen MR) is 128 cm³/mol. The Labute approximate surface area is 187 Å². The molecule has 0 radical (unpaired) electrons. The van der Waals surface area contributed by atoms with Crippen LogP contribution in [0.1, 0.15) is 37.0 Å². The molecule has 2 aromatic heterocycles. The van der Waals surface area contributed by atoms with Crippen molar-refractivity contribution < 1.29 is 8.42 Å².